The molecular formula is C13H18N2O. The standard InChI is InChI=1S/C13H18N2O/c1-2-15-11-12-7-3-4-8-13(12)16-10-6-5-9-14/h3-4,7-8,15H,2,5-6,10-11H2,1H3. The lowest BCUT2D eigenvalue weighted by molar-refractivity contribution is 0.309. The number of hydrogen-bond acceptors (Lipinski definition) is 3. The normalized spacial score (nSPS) is 9.75. The van der Waals surface area contributed by atoms with Gasteiger partial charge in [0.1, 0.15) is 5.75 Å². The molecule has 0 aliphatic rings. The average Bonchev–Trinajstić information content (AvgIpc) is 2.33. The first kappa shape index (κ1) is 12.5. The van der Waals surface area contributed by atoms with Crippen LogP contribution in [0.1, 0.15) is 25.3 Å². The third kappa shape index (κ3) is 4.33. The number of rotatable bonds is 7. The summed E-state index contributed by atoms with van der Waals surface area (Å²) in [5.41, 5.74) is 1.17. The molecule has 0 saturated carbocycles. The van der Waals surface area contributed by atoms with Crippen molar-refractivity contribution >= 4 is 0 Å². The fourth-order valence-electron chi connectivity index (χ4n) is 1.38. The van der Waals surface area contributed by atoms with E-state index in [9.17, 15) is 0 Å². The van der Waals surface area contributed by atoms with Crippen molar-refractivity contribution in [1.29, 1.82) is 5.26 Å². The van der Waals surface area contributed by atoms with Crippen molar-refractivity contribution in [3.63, 3.8) is 0 Å². The maximum atomic E-state index is 8.42. The Morgan fingerprint density at radius 1 is 1.38 bits per heavy atom. The van der Waals surface area contributed by atoms with Crippen molar-refractivity contribution in [3.8, 4) is 11.8 Å². The van der Waals surface area contributed by atoms with E-state index in [1.54, 1.807) is 0 Å². The number of ether oxygens (including phenoxy) is 1. The number of hydrogen-bond donors (Lipinski definition) is 1. The third-order valence-corrected chi connectivity index (χ3v) is 2.23. The van der Waals surface area contributed by atoms with E-state index in [0.29, 0.717) is 13.0 Å². The molecule has 0 aliphatic heterocycles. The lowest BCUT2D eigenvalue weighted by atomic mass is 10.2. The molecule has 1 N–H and O–H groups in total. The Morgan fingerprint density at radius 3 is 2.94 bits per heavy atom. The Bertz CT molecular complexity index is 344. The molecule has 0 aliphatic carbocycles. The maximum absolute atomic E-state index is 8.42. The summed E-state index contributed by atoms with van der Waals surface area (Å²) >= 11 is 0. The lowest BCUT2D eigenvalue weighted by Crippen LogP contribution is -2.13. The van der Waals surface area contributed by atoms with Gasteiger partial charge in [-0.3, -0.25) is 0 Å². The molecule has 0 amide bonds. The quantitative estimate of drug-likeness (QED) is 0.715. The van der Waals surface area contributed by atoms with Crippen molar-refractivity contribution in [2.75, 3.05) is 13.2 Å². The smallest absolute Gasteiger partial charge is 0.123 e. The van der Waals surface area contributed by atoms with Gasteiger partial charge in [0, 0.05) is 18.5 Å². The molecule has 0 aromatic heterocycles. The van der Waals surface area contributed by atoms with Gasteiger partial charge in [-0.2, -0.15) is 5.26 Å². The second-order valence-electron chi connectivity index (χ2n) is 3.50. The van der Waals surface area contributed by atoms with Gasteiger partial charge in [0.05, 0.1) is 12.7 Å². The SMILES string of the molecule is CCNCc1ccccc1OCCCC#N. The lowest BCUT2D eigenvalue weighted by Gasteiger charge is -2.10. The molecule has 86 valence electrons. The molecule has 1 rings (SSSR count). The summed E-state index contributed by atoms with van der Waals surface area (Å²) in [4.78, 5) is 0. The summed E-state index contributed by atoms with van der Waals surface area (Å²) in [5.74, 6) is 0.918. The summed E-state index contributed by atoms with van der Waals surface area (Å²) in [7, 11) is 0. The van der Waals surface area contributed by atoms with Crippen LogP contribution in [0.15, 0.2) is 24.3 Å². The summed E-state index contributed by atoms with van der Waals surface area (Å²) in [6.45, 7) is 4.46. The minimum atomic E-state index is 0.551. The van der Waals surface area contributed by atoms with Gasteiger partial charge in [-0.05, 0) is 19.0 Å². The van der Waals surface area contributed by atoms with Crippen LogP contribution < -0.4 is 10.1 Å². The Morgan fingerprint density at radius 2 is 2.19 bits per heavy atom. The number of benzene rings is 1. The minimum Gasteiger partial charge on any atom is -0.493 e. The number of nitriles is 1. The van der Waals surface area contributed by atoms with E-state index in [2.05, 4.69) is 24.4 Å². The van der Waals surface area contributed by atoms with Gasteiger partial charge in [0.2, 0.25) is 0 Å². The van der Waals surface area contributed by atoms with Gasteiger partial charge >= 0.3 is 0 Å². The number of nitrogens with one attached hydrogen (secondary N) is 1. The predicted molar refractivity (Wildman–Crippen MR) is 64.2 cm³/mol. The van der Waals surface area contributed by atoms with Crippen molar-refractivity contribution in [2.24, 2.45) is 0 Å². The van der Waals surface area contributed by atoms with Crippen LogP contribution in [0.4, 0.5) is 0 Å². The van der Waals surface area contributed by atoms with Crippen molar-refractivity contribution in [3.05, 3.63) is 29.8 Å². The number of nitrogens with zero attached hydrogens (tertiary/aromatic N) is 1. The zero-order valence-corrected chi connectivity index (χ0v) is 9.70. The average molecular weight is 218 g/mol. The second-order valence-corrected chi connectivity index (χ2v) is 3.50. The molecule has 16 heavy (non-hydrogen) atoms. The van der Waals surface area contributed by atoms with Crippen LogP contribution in [0.3, 0.4) is 0 Å². The topological polar surface area (TPSA) is 45.0 Å². The Kier molecular flexibility index (Phi) is 6.05. The molecule has 3 nitrogen and oxygen atoms in total. The first-order valence-corrected chi connectivity index (χ1v) is 5.67. The highest BCUT2D eigenvalue weighted by Crippen LogP contribution is 2.17. The molecule has 1 aromatic rings. The van der Waals surface area contributed by atoms with Gasteiger partial charge in [-0.15, -0.1) is 0 Å². The molecule has 3 heteroatoms. The fraction of sp³-hybridized carbons (Fsp3) is 0.462. The van der Waals surface area contributed by atoms with Crippen LogP contribution in [0, 0.1) is 11.3 Å². The summed E-state index contributed by atoms with van der Waals surface area (Å²) in [6.07, 6.45) is 1.33. The zero-order chi connectivity index (χ0) is 11.6. The first-order chi connectivity index (χ1) is 7.88. The van der Waals surface area contributed by atoms with Gasteiger partial charge in [0.15, 0.2) is 0 Å². The van der Waals surface area contributed by atoms with Crippen LogP contribution in [0.2, 0.25) is 0 Å². The predicted octanol–water partition coefficient (Wildman–Crippen LogP) is 2.48. The van der Waals surface area contributed by atoms with Gasteiger partial charge in [0.25, 0.3) is 0 Å². The highest BCUT2D eigenvalue weighted by molar-refractivity contribution is 5.33. The maximum Gasteiger partial charge on any atom is 0.123 e. The van der Waals surface area contributed by atoms with Crippen molar-refractivity contribution in [1.82, 2.24) is 5.32 Å². The Hall–Kier alpha value is -1.53. The van der Waals surface area contributed by atoms with E-state index in [-0.39, 0.29) is 0 Å². The van der Waals surface area contributed by atoms with Crippen LogP contribution in [-0.2, 0) is 6.54 Å². The molecule has 0 atom stereocenters. The number of unbranched alkanes of at least 4 members (excludes halogenated alkanes) is 1. The molecule has 0 bridgehead atoms. The zero-order valence-electron chi connectivity index (χ0n) is 9.70. The summed E-state index contributed by atoms with van der Waals surface area (Å²) in [6, 6.07) is 10.1. The van der Waals surface area contributed by atoms with Crippen LogP contribution in [-0.4, -0.2) is 13.2 Å². The van der Waals surface area contributed by atoms with Crippen LogP contribution in [0.25, 0.3) is 0 Å². The largest absolute Gasteiger partial charge is 0.493 e. The van der Waals surface area contributed by atoms with Crippen molar-refractivity contribution in [2.45, 2.75) is 26.3 Å². The van der Waals surface area contributed by atoms with E-state index in [4.69, 9.17) is 10.00 Å². The van der Waals surface area contributed by atoms with E-state index < -0.39 is 0 Å². The first-order valence-electron chi connectivity index (χ1n) is 5.67. The summed E-state index contributed by atoms with van der Waals surface area (Å²) in [5, 5.41) is 11.7. The summed E-state index contributed by atoms with van der Waals surface area (Å²) < 4.78 is 5.65. The molecule has 0 heterocycles. The molecule has 0 saturated heterocycles. The molecule has 0 unspecified atom stereocenters. The minimum absolute atomic E-state index is 0.551. The van der Waals surface area contributed by atoms with Gasteiger partial charge in [-0.25, -0.2) is 0 Å². The highest BCUT2D eigenvalue weighted by Gasteiger charge is 2.01. The number of para-hydroxylation sites is 1. The van der Waals surface area contributed by atoms with E-state index in [1.807, 2.05) is 18.2 Å². The monoisotopic (exact) mass is 218 g/mol. The molecule has 0 radical (unpaired) electrons. The van der Waals surface area contributed by atoms with E-state index >= 15 is 0 Å². The molecule has 0 fully saturated rings. The van der Waals surface area contributed by atoms with Gasteiger partial charge < -0.3 is 10.1 Å². The van der Waals surface area contributed by atoms with Crippen LogP contribution in [0.5, 0.6) is 5.75 Å². The Labute approximate surface area is 97.0 Å². The van der Waals surface area contributed by atoms with E-state index in [0.717, 1.165) is 25.3 Å². The van der Waals surface area contributed by atoms with E-state index in [1.165, 1.54) is 5.56 Å². The second kappa shape index (κ2) is 7.72. The molecule has 1 aromatic carbocycles. The van der Waals surface area contributed by atoms with Crippen LogP contribution >= 0.6 is 0 Å². The molecule has 0 spiro atoms. The van der Waals surface area contributed by atoms with Crippen molar-refractivity contribution < 1.29 is 4.74 Å². The highest BCUT2D eigenvalue weighted by atomic mass is 16.5. The van der Waals surface area contributed by atoms with Gasteiger partial charge in [-0.1, -0.05) is 25.1 Å². The fourth-order valence-corrected chi connectivity index (χ4v) is 1.38. The molecular weight excluding hydrogens is 200 g/mol. The third-order valence-electron chi connectivity index (χ3n) is 2.23. The Balaban J connectivity index is 2.47.